The van der Waals surface area contributed by atoms with Gasteiger partial charge in [-0.15, -0.1) is 0 Å². The number of nitrogens with zero attached hydrogens (tertiary/aromatic N) is 4. The topological polar surface area (TPSA) is 373 Å². The molecule has 2 heterocycles. The number of primary amides is 1. The van der Waals surface area contributed by atoms with E-state index in [-0.39, 0.29) is 105 Å². The summed E-state index contributed by atoms with van der Waals surface area (Å²) in [6.45, 7) is 22.5. The smallest absolute Gasteiger partial charge is 0.409 e. The fourth-order valence-electron chi connectivity index (χ4n) is 12.2. The highest BCUT2D eigenvalue weighted by atomic mass is 16.6. The van der Waals surface area contributed by atoms with E-state index in [1.54, 1.807) is 98.5 Å². The molecule has 0 spiro atoms. The van der Waals surface area contributed by atoms with Crippen molar-refractivity contribution in [1.82, 2.24) is 46.2 Å². The fourth-order valence-corrected chi connectivity index (χ4v) is 12.2. The zero-order valence-corrected chi connectivity index (χ0v) is 60.3. The third-order valence-corrected chi connectivity index (χ3v) is 18.1. The van der Waals surface area contributed by atoms with Gasteiger partial charge in [0.25, 0.3) is 0 Å². The van der Waals surface area contributed by atoms with Crippen LogP contribution in [-0.2, 0) is 68.5 Å². The van der Waals surface area contributed by atoms with Gasteiger partial charge in [-0.2, -0.15) is 0 Å². The zero-order chi connectivity index (χ0) is 73.7. The van der Waals surface area contributed by atoms with Gasteiger partial charge in [0.15, 0.2) is 0 Å². The molecule has 2 saturated heterocycles. The van der Waals surface area contributed by atoms with Crippen molar-refractivity contribution in [3.8, 4) is 0 Å². The molecule has 2 fully saturated rings. The highest BCUT2D eigenvalue weighted by Gasteiger charge is 2.44. The number of aliphatic hydroxyl groups excluding tert-OH is 1. The van der Waals surface area contributed by atoms with Crippen LogP contribution in [0.1, 0.15) is 145 Å². The molecule has 2 unspecified atom stereocenters. The molecule has 2 aliphatic heterocycles. The summed E-state index contributed by atoms with van der Waals surface area (Å²) < 4.78 is 21.2. The molecule has 0 saturated carbocycles. The summed E-state index contributed by atoms with van der Waals surface area (Å²) in [5, 5.41) is 27.1. The molecule has 0 radical (unpaired) electrons. The van der Waals surface area contributed by atoms with Crippen molar-refractivity contribution in [3.63, 3.8) is 0 Å². The number of methoxy groups -OCH3 is 2. The molecule has 13 atom stereocenters. The maximum Gasteiger partial charge on any atom is 0.409 e. The minimum atomic E-state index is -1.01. The lowest BCUT2D eigenvalue weighted by Gasteiger charge is -2.40. The Labute approximate surface area is 578 Å². The van der Waals surface area contributed by atoms with Crippen molar-refractivity contribution in [2.75, 3.05) is 73.1 Å². The first-order valence-corrected chi connectivity index (χ1v) is 34.1. The average molecular weight is 1380 g/mol. The number of rotatable bonds is 37. The Morgan fingerprint density at radius 1 is 0.765 bits per heavy atom. The van der Waals surface area contributed by atoms with Gasteiger partial charge in [-0.3, -0.25) is 48.2 Å². The molecule has 0 aliphatic carbocycles. The van der Waals surface area contributed by atoms with Crippen molar-refractivity contribution >= 4 is 77.4 Å². The molecule has 2 aromatic rings. The number of imide groups is 1. The lowest BCUT2D eigenvalue weighted by atomic mass is 9.84. The largest absolute Gasteiger partial charge is 0.453 e. The molecule has 4 rings (SSSR count). The fraction of sp³-hybridized carbons (Fsp3) is 0.657. The maximum atomic E-state index is 14.2. The Morgan fingerprint density at radius 3 is 1.95 bits per heavy atom. The lowest BCUT2D eigenvalue weighted by Crippen LogP contribution is -2.59. The standard InChI is InChI=1S/C41H67N5O9.C29H44N6O8/c1-13-26(6)35(44(9)40(52)33(24(2)3)43-39(51)34(25(4)5)45(10)41(53)55-12)30(23-47)22-32(48)46-21-17-20-31(46)37(54-11)27(7)38(50)42-28(8)36(49)29-18-15-14-16-19-29;1-5-20-8-10-21(11-9-20)32-25(37)22(7-6-12-31-28(30)40)33-26(38)24(18(2)3)34-29(41)43-16-15-42-14-13-35-23(36)17-19(4)27(35)39/h14-16,18-19,23-28,30-31,33-37,49H,13,17,20-22H2,1-12H3,(H,42,50)(H,43,51);8-11,18-19,22,24H,5-7,12-17H2,1-4H3,(H,32,37)(H,33,38)(H,34,41)(H3,30,31,40)/t26-,27+,28+,30-,31-,33-,34?,35-,36+,37+;19?,22-,24-/m00/s1. The molecule has 28 nitrogen and oxygen atoms in total. The number of alkyl carbamates (subject to hydrolysis) is 1. The molecule has 12 amide bonds. The number of benzene rings is 2. The Morgan fingerprint density at radius 2 is 1.41 bits per heavy atom. The van der Waals surface area contributed by atoms with Gasteiger partial charge in [0.2, 0.25) is 47.3 Å². The first-order valence-electron chi connectivity index (χ1n) is 34.1. The molecule has 98 heavy (non-hydrogen) atoms. The van der Waals surface area contributed by atoms with E-state index in [9.17, 15) is 62.6 Å². The van der Waals surface area contributed by atoms with Crippen molar-refractivity contribution < 1.29 is 81.6 Å². The van der Waals surface area contributed by atoms with Crippen LogP contribution in [0, 0.1) is 41.4 Å². The van der Waals surface area contributed by atoms with Crippen LogP contribution in [0.3, 0.4) is 0 Å². The first-order chi connectivity index (χ1) is 46.3. The molecule has 548 valence electrons. The number of aryl methyl sites for hydroxylation is 1. The van der Waals surface area contributed by atoms with Crippen molar-refractivity contribution in [3.05, 3.63) is 65.7 Å². The summed E-state index contributed by atoms with van der Waals surface area (Å²) in [6.07, 6.45) is 0.964. The summed E-state index contributed by atoms with van der Waals surface area (Å²) in [4.78, 5) is 160. The number of urea groups is 1. The number of likely N-dealkylation sites (N-methyl/N-ethyl adjacent to an activating group) is 2. The molecular weight excluding hydrogens is 1270 g/mol. The maximum absolute atomic E-state index is 14.2. The zero-order valence-electron chi connectivity index (χ0n) is 60.3. The number of carbonyl (C=O) groups excluding carboxylic acids is 12. The second-order valence-corrected chi connectivity index (χ2v) is 26.4. The number of ether oxygens (including phenoxy) is 4. The van der Waals surface area contributed by atoms with E-state index in [1.165, 1.54) is 31.1 Å². The Kier molecular flexibility index (Phi) is 35.9. The number of anilines is 1. The van der Waals surface area contributed by atoms with Gasteiger partial charge in [0, 0.05) is 70.7 Å². The first kappa shape index (κ1) is 84.0. The Hall–Kier alpha value is -8.24. The number of amides is 12. The van der Waals surface area contributed by atoms with Crippen LogP contribution in [0.4, 0.5) is 20.1 Å². The van der Waals surface area contributed by atoms with Gasteiger partial charge in [-0.05, 0) is 86.0 Å². The van der Waals surface area contributed by atoms with Crippen LogP contribution in [0.15, 0.2) is 54.6 Å². The number of carbonyl (C=O) groups is 12. The summed E-state index contributed by atoms with van der Waals surface area (Å²) in [6, 6.07) is 10.2. The SMILES string of the molecule is CC[C@H](C)[C@@H]([C@H](C=O)CC(=O)N1CCC[C@H]1[C@H](OC)[C@@H](C)C(=O)N[C@H](C)[C@@H](O)c1ccccc1)N(C)C(=O)[C@@H](NC(=O)C(C(C)C)N(C)C(=O)OC)C(C)C.CCc1ccc(NC(=O)[C@H](CCCNC(N)=O)NC(=O)[C@@H](NC(=O)OCCOCCN2C(=O)CC(C)C2=O)C(C)C)cc1. The minimum Gasteiger partial charge on any atom is -0.453 e. The highest BCUT2D eigenvalue weighted by Crippen LogP contribution is 2.31. The Bertz CT molecular complexity index is 2940. The van der Waals surface area contributed by atoms with E-state index in [0.29, 0.717) is 43.5 Å². The molecule has 28 heteroatoms. The van der Waals surface area contributed by atoms with Crippen LogP contribution in [0.2, 0.25) is 0 Å². The number of hydrogen-bond acceptors (Lipinski definition) is 17. The summed E-state index contributed by atoms with van der Waals surface area (Å²) >= 11 is 0. The van der Waals surface area contributed by atoms with Crippen LogP contribution in [-0.4, -0.2) is 213 Å². The number of likely N-dealkylation sites (tertiary alicyclic amines) is 2. The van der Waals surface area contributed by atoms with Crippen LogP contribution in [0.25, 0.3) is 0 Å². The molecule has 2 aliphatic rings. The lowest BCUT2D eigenvalue weighted by molar-refractivity contribution is -0.145. The van der Waals surface area contributed by atoms with E-state index >= 15 is 0 Å². The third kappa shape index (κ3) is 25.2. The predicted octanol–water partition coefficient (Wildman–Crippen LogP) is 5.09. The summed E-state index contributed by atoms with van der Waals surface area (Å²) in [5.41, 5.74) is 7.46. The summed E-state index contributed by atoms with van der Waals surface area (Å²) in [7, 11) is 5.80. The number of nitrogens with two attached hydrogens (primary N) is 1. The number of hydrogen-bond donors (Lipinski definition) is 8. The number of nitrogens with one attached hydrogen (secondary N) is 6. The van der Waals surface area contributed by atoms with Gasteiger partial charge in [-0.25, -0.2) is 14.4 Å². The van der Waals surface area contributed by atoms with Gasteiger partial charge in [-0.1, -0.05) is 125 Å². The van der Waals surface area contributed by atoms with Crippen molar-refractivity contribution in [2.45, 2.75) is 189 Å². The quantitative estimate of drug-likeness (QED) is 0.0248. The number of aliphatic hydroxyl groups is 1. The van der Waals surface area contributed by atoms with E-state index in [4.69, 9.17) is 24.7 Å². The normalized spacial score (nSPS) is 17.8. The third-order valence-electron chi connectivity index (χ3n) is 18.1. The van der Waals surface area contributed by atoms with Crippen molar-refractivity contribution in [1.29, 1.82) is 0 Å². The average Bonchev–Trinajstić information content (AvgIpc) is 1.41. The summed E-state index contributed by atoms with van der Waals surface area (Å²) in [5.74, 6) is -6.05. The van der Waals surface area contributed by atoms with E-state index in [1.807, 2.05) is 51.1 Å². The van der Waals surface area contributed by atoms with Gasteiger partial charge in [0.1, 0.15) is 37.1 Å². The number of aldehydes is 1. The highest BCUT2D eigenvalue weighted by molar-refractivity contribution is 6.03. The molecule has 0 bridgehead atoms. The monoisotopic (exact) mass is 1380 g/mol. The minimum absolute atomic E-state index is 0.0263. The van der Waals surface area contributed by atoms with E-state index in [2.05, 4.69) is 31.9 Å². The van der Waals surface area contributed by atoms with Crippen LogP contribution >= 0.6 is 0 Å². The van der Waals surface area contributed by atoms with Crippen LogP contribution < -0.4 is 37.6 Å². The van der Waals surface area contributed by atoms with Crippen molar-refractivity contribution in [2.24, 2.45) is 47.2 Å². The van der Waals surface area contributed by atoms with Gasteiger partial charge in [0.05, 0.1) is 57.1 Å². The molecular formula is C70H111N11O17. The predicted molar refractivity (Wildman–Crippen MR) is 367 cm³/mol. The van der Waals surface area contributed by atoms with E-state index in [0.717, 1.165) is 23.2 Å². The molecule has 2 aromatic carbocycles. The second-order valence-electron chi connectivity index (χ2n) is 26.4. The second kappa shape index (κ2) is 41.9. The Balaban J connectivity index is 0.000000526. The van der Waals surface area contributed by atoms with Crippen LogP contribution in [0.5, 0.6) is 0 Å². The molecule has 0 aromatic heterocycles. The van der Waals surface area contributed by atoms with E-state index < -0.39 is 108 Å². The van der Waals surface area contributed by atoms with Gasteiger partial charge >= 0.3 is 18.2 Å². The van der Waals surface area contributed by atoms with Gasteiger partial charge < -0.3 is 76.3 Å². The molecule has 9 N–H and O–H groups in total.